The normalized spacial score (nSPS) is 6.00. The second kappa shape index (κ2) is 17.3. The number of hydrogen-bond donors (Lipinski definition) is 0. The summed E-state index contributed by atoms with van der Waals surface area (Å²) < 4.78 is 0. The maximum absolute atomic E-state index is 9.83. The van der Waals surface area contributed by atoms with E-state index in [0.717, 1.165) is 0 Å². The van der Waals surface area contributed by atoms with E-state index in [0.29, 0.717) is 0 Å². The Kier molecular flexibility index (Phi) is 30.3. The zero-order valence-corrected chi connectivity index (χ0v) is 7.70. The molecule has 0 fully saturated rings. The maximum Gasteiger partial charge on any atom is 0.271 e. The lowest BCUT2D eigenvalue weighted by atomic mass is 10.5. The van der Waals surface area contributed by atoms with Crippen LogP contribution in [0, 0.1) is 6.57 Å². The second-order valence-electron chi connectivity index (χ2n) is 1.71. The fourth-order valence-electron chi connectivity index (χ4n) is 0.111. The van der Waals surface area contributed by atoms with E-state index in [4.69, 9.17) is 6.57 Å². The number of thioether (sulfide) groups is 1. The summed E-state index contributed by atoms with van der Waals surface area (Å²) in [6, 6.07) is 0. The molecule has 0 aliphatic heterocycles. The van der Waals surface area contributed by atoms with Gasteiger partial charge in [0.2, 0.25) is 5.78 Å². The van der Waals surface area contributed by atoms with Gasteiger partial charge in [0, 0.05) is 13.8 Å². The van der Waals surface area contributed by atoms with Gasteiger partial charge in [0.05, 0.1) is 0 Å². The van der Waals surface area contributed by atoms with Crippen LogP contribution in [0.3, 0.4) is 0 Å². The molecule has 0 unspecified atom stereocenters. The van der Waals surface area contributed by atoms with Gasteiger partial charge >= 0.3 is 0 Å². The Morgan fingerprint density at radius 2 is 1.62 bits per heavy atom. The van der Waals surface area contributed by atoms with Gasteiger partial charge in [-0.15, -0.1) is 0 Å². The van der Waals surface area contributed by atoms with Crippen LogP contribution in [0.25, 0.3) is 4.85 Å². The molecule has 0 saturated carbocycles. The Morgan fingerprint density at radius 1 is 1.31 bits per heavy atom. The third-order valence-corrected chi connectivity index (χ3v) is 1.16. The van der Waals surface area contributed by atoms with E-state index in [1.54, 1.807) is 13.2 Å². The third kappa shape index (κ3) is 53.9. The van der Waals surface area contributed by atoms with Gasteiger partial charge in [0.1, 0.15) is 0 Å². The zero-order chi connectivity index (χ0) is 9.28. The van der Waals surface area contributed by atoms with Crippen LogP contribution in [-0.2, 0) is 9.59 Å². The molecule has 0 spiro atoms. The molecule has 0 amide bonds. The second-order valence-corrected chi connectivity index (χ2v) is 2.70. The first-order chi connectivity index (χ1) is 5.04. The van der Waals surface area contributed by atoms with Gasteiger partial charge in [0.25, 0.3) is 6.54 Å². The van der Waals surface area contributed by atoms with Crippen LogP contribution in [-0.4, -0.2) is 23.7 Å². The summed E-state index contributed by atoms with van der Waals surface area (Å²) in [5, 5.41) is 0.171. The number of rotatable bonds is 1. The molecule has 0 aromatic heterocycles. The molecular formula is C9H19NO2S. The van der Waals surface area contributed by atoms with E-state index in [-0.39, 0.29) is 32.3 Å². The molecule has 0 saturated heterocycles. The first-order valence-electron chi connectivity index (χ1n) is 2.91. The highest BCUT2D eigenvalue weighted by molar-refractivity contribution is 8.12. The molecule has 0 bridgehead atoms. The van der Waals surface area contributed by atoms with Crippen molar-refractivity contribution in [2.75, 3.05) is 12.8 Å². The summed E-state index contributed by atoms with van der Waals surface area (Å²) in [5.41, 5.74) is 0. The number of Topliss-reactive ketones (excluding diaryl/α,β-unsaturated/α-hetero) is 1. The number of hydrogen-bond acceptors (Lipinski definition) is 3. The van der Waals surface area contributed by atoms with Crippen LogP contribution in [0.4, 0.5) is 0 Å². The lowest BCUT2D eigenvalue weighted by Gasteiger charge is -1.71. The zero-order valence-electron chi connectivity index (χ0n) is 6.88. The van der Waals surface area contributed by atoms with Gasteiger partial charge in [-0.3, -0.25) is 9.59 Å². The van der Waals surface area contributed by atoms with E-state index < -0.39 is 0 Å². The smallest absolute Gasteiger partial charge is 0.271 e. The summed E-state index contributed by atoms with van der Waals surface area (Å²) in [6.07, 6.45) is 1.77. The third-order valence-electron chi connectivity index (χ3n) is 0.589. The largest absolute Gasteiger partial charge is 0.309 e. The van der Waals surface area contributed by atoms with Crippen LogP contribution in [0.1, 0.15) is 28.7 Å². The van der Waals surface area contributed by atoms with Crippen molar-refractivity contribution in [3.8, 4) is 0 Å². The first kappa shape index (κ1) is 22.8. The summed E-state index contributed by atoms with van der Waals surface area (Å²) in [4.78, 5) is 22.4. The number of ketones is 1. The summed E-state index contributed by atoms with van der Waals surface area (Å²) >= 11 is 1.24. The first-order valence-corrected chi connectivity index (χ1v) is 4.14. The van der Waals surface area contributed by atoms with E-state index in [1.165, 1.54) is 18.7 Å². The fourth-order valence-corrected chi connectivity index (χ4v) is 0.111. The SMILES string of the molecule is C.C.CSC(C)=O.[C-]#[N+]CC(C)=O. The van der Waals surface area contributed by atoms with Gasteiger partial charge in [-0.25, -0.2) is 6.57 Å². The van der Waals surface area contributed by atoms with Crippen molar-refractivity contribution in [2.45, 2.75) is 28.7 Å². The van der Waals surface area contributed by atoms with Crippen LogP contribution < -0.4 is 0 Å². The molecule has 0 heterocycles. The molecule has 0 N–H and O–H groups in total. The topological polar surface area (TPSA) is 38.5 Å². The van der Waals surface area contributed by atoms with Gasteiger partial charge < -0.3 is 4.85 Å². The highest BCUT2D eigenvalue weighted by atomic mass is 32.2. The van der Waals surface area contributed by atoms with Gasteiger partial charge in [-0.1, -0.05) is 26.6 Å². The standard InChI is InChI=1S/C4H5NO.C3H6OS.2CH4/c1-4(6)3-5-2;1-3(4)5-2;;/h3H2,1H3;1-2H3;2*1H4. The summed E-state index contributed by atoms with van der Waals surface area (Å²) in [6.45, 7) is 9.11. The Bertz CT molecular complexity index is 173. The van der Waals surface area contributed by atoms with Crippen LogP contribution in [0.2, 0.25) is 0 Å². The van der Waals surface area contributed by atoms with Crippen molar-refractivity contribution in [3.05, 3.63) is 11.4 Å². The average Bonchev–Trinajstić information content (AvgIpc) is 1.89. The molecule has 0 rings (SSSR count). The quantitative estimate of drug-likeness (QED) is 0.618. The van der Waals surface area contributed by atoms with Crippen molar-refractivity contribution >= 4 is 22.7 Å². The lowest BCUT2D eigenvalue weighted by molar-refractivity contribution is -0.115. The Morgan fingerprint density at radius 3 is 1.62 bits per heavy atom. The minimum absolute atomic E-state index is 0. The fraction of sp³-hybridized carbons (Fsp3) is 0.667. The average molecular weight is 205 g/mol. The summed E-state index contributed by atoms with van der Waals surface area (Å²) in [5.74, 6) is -0.0648. The molecule has 4 heteroatoms. The molecule has 0 aromatic carbocycles. The van der Waals surface area contributed by atoms with Crippen LogP contribution in [0.5, 0.6) is 0 Å². The molecular weight excluding hydrogens is 186 g/mol. The molecule has 0 aliphatic rings. The van der Waals surface area contributed by atoms with Crippen LogP contribution >= 0.6 is 11.8 Å². The predicted molar refractivity (Wildman–Crippen MR) is 59.8 cm³/mol. The minimum Gasteiger partial charge on any atom is -0.309 e. The van der Waals surface area contributed by atoms with Gasteiger partial charge in [-0.2, -0.15) is 0 Å². The monoisotopic (exact) mass is 205 g/mol. The van der Waals surface area contributed by atoms with Crippen molar-refractivity contribution in [3.63, 3.8) is 0 Å². The van der Waals surface area contributed by atoms with Crippen molar-refractivity contribution < 1.29 is 9.59 Å². The highest BCUT2D eigenvalue weighted by Gasteiger charge is 1.88. The van der Waals surface area contributed by atoms with Crippen molar-refractivity contribution in [1.29, 1.82) is 0 Å². The number of nitrogens with zero attached hydrogens (tertiary/aromatic N) is 1. The Labute approximate surface area is 85.7 Å². The molecule has 0 aromatic rings. The number of carbonyl (C=O) groups excluding carboxylic acids is 2. The molecule has 0 radical (unpaired) electrons. The van der Waals surface area contributed by atoms with E-state index in [2.05, 4.69) is 4.85 Å². The Hall–Kier alpha value is -0.820. The van der Waals surface area contributed by atoms with E-state index >= 15 is 0 Å². The van der Waals surface area contributed by atoms with Gasteiger partial charge in [0.15, 0.2) is 5.12 Å². The lowest BCUT2D eigenvalue weighted by Crippen LogP contribution is -1.89. The minimum atomic E-state index is -0.0648. The molecule has 3 nitrogen and oxygen atoms in total. The van der Waals surface area contributed by atoms with E-state index in [9.17, 15) is 9.59 Å². The predicted octanol–water partition coefficient (Wildman–Crippen LogP) is 2.66. The van der Waals surface area contributed by atoms with Crippen molar-refractivity contribution in [1.82, 2.24) is 0 Å². The molecule has 78 valence electrons. The number of carbonyl (C=O) groups is 2. The van der Waals surface area contributed by atoms with Crippen LogP contribution in [0.15, 0.2) is 0 Å². The molecule has 0 atom stereocenters. The molecule has 0 aliphatic carbocycles. The summed E-state index contributed by atoms with van der Waals surface area (Å²) in [7, 11) is 0. The highest BCUT2D eigenvalue weighted by Crippen LogP contribution is 1.88. The van der Waals surface area contributed by atoms with Gasteiger partial charge in [-0.05, 0) is 6.26 Å². The molecule has 13 heavy (non-hydrogen) atoms. The van der Waals surface area contributed by atoms with Crippen molar-refractivity contribution in [2.24, 2.45) is 0 Å². The van der Waals surface area contributed by atoms with E-state index in [1.807, 2.05) is 0 Å². The maximum atomic E-state index is 9.83. The Balaban J connectivity index is -0.0000000546.